The number of ether oxygens (including phenoxy) is 1. The first-order chi connectivity index (χ1) is 34.0. The molecule has 376 valence electrons. The number of hydrogen-bond acceptors (Lipinski definition) is 10. The van der Waals surface area contributed by atoms with Gasteiger partial charge < -0.3 is 36.0 Å². The van der Waals surface area contributed by atoms with Gasteiger partial charge in [0.05, 0.1) is 31.7 Å². The first kappa shape index (κ1) is 54.8. The second kappa shape index (κ2) is 26.7. The quantitative estimate of drug-likeness (QED) is 0.0492. The van der Waals surface area contributed by atoms with Crippen LogP contribution < -0.4 is 26.0 Å². The lowest BCUT2D eigenvalue weighted by atomic mass is 10.0. The van der Waals surface area contributed by atoms with Crippen molar-refractivity contribution in [2.45, 2.75) is 84.2 Å². The molecule has 5 aromatic carbocycles. The van der Waals surface area contributed by atoms with Gasteiger partial charge in [-0.05, 0) is 88.2 Å². The van der Waals surface area contributed by atoms with Crippen molar-refractivity contribution in [1.29, 1.82) is 0 Å². The molecule has 1 aliphatic heterocycles. The number of likely N-dealkylation sites (tertiary alicyclic amines) is 1. The maximum absolute atomic E-state index is 14.0. The van der Waals surface area contributed by atoms with E-state index in [0.717, 1.165) is 5.39 Å². The van der Waals surface area contributed by atoms with Gasteiger partial charge in [-0.25, -0.2) is 0 Å². The Morgan fingerprint density at radius 2 is 1.46 bits per heavy atom. The molecule has 0 radical (unpaired) electrons. The van der Waals surface area contributed by atoms with Crippen molar-refractivity contribution in [2.75, 3.05) is 26.2 Å². The topological polar surface area (TPSA) is 238 Å². The number of hydrogen-bond donors (Lipinski definition) is 6. The normalized spacial score (nSPS) is 13.4. The number of benzene rings is 5. The molecule has 1 unspecified atom stereocenters. The lowest BCUT2D eigenvalue weighted by Gasteiger charge is -2.25. The molecule has 0 saturated carbocycles. The Morgan fingerprint density at radius 1 is 0.789 bits per heavy atom. The summed E-state index contributed by atoms with van der Waals surface area (Å²) in [5.74, 6) is -4.17. The van der Waals surface area contributed by atoms with Crippen LogP contribution in [0.25, 0.3) is 20.9 Å². The molecule has 2 atom stereocenters. The van der Waals surface area contributed by atoms with Gasteiger partial charge in [0.1, 0.15) is 23.6 Å². The zero-order valence-electron chi connectivity index (χ0n) is 40.2. The lowest BCUT2D eigenvalue weighted by molar-refractivity contribution is -0.139. The Morgan fingerprint density at radius 3 is 2.15 bits per heavy atom. The average molecular weight is 1010 g/mol. The predicted octanol–water partition coefficient (Wildman–Crippen LogP) is 6.76. The number of rotatable bonds is 18. The van der Waals surface area contributed by atoms with Crippen molar-refractivity contribution in [3.63, 3.8) is 0 Å². The molecule has 1 fully saturated rings. The highest BCUT2D eigenvalue weighted by molar-refractivity contribution is 7.85. The smallest absolute Gasteiger partial charge is 0.307 e. The molecule has 0 aliphatic carbocycles. The summed E-state index contributed by atoms with van der Waals surface area (Å²) in [6, 6.07) is 29.9. The summed E-state index contributed by atoms with van der Waals surface area (Å²) in [6.45, 7) is 7.95. The largest absolute Gasteiger partial charge is 0.493 e. The summed E-state index contributed by atoms with van der Waals surface area (Å²) in [6.07, 6.45) is 1.88. The number of amides is 5. The van der Waals surface area contributed by atoms with Crippen molar-refractivity contribution < 1.29 is 51.6 Å². The van der Waals surface area contributed by atoms with E-state index in [1.165, 1.54) is 39.1 Å². The molecule has 71 heavy (non-hydrogen) atoms. The highest BCUT2D eigenvalue weighted by atomic mass is 32.2. The van der Waals surface area contributed by atoms with E-state index in [-0.39, 0.29) is 44.6 Å². The summed E-state index contributed by atoms with van der Waals surface area (Å²) in [5, 5.41) is 24.6. The van der Waals surface area contributed by atoms with Crippen LogP contribution in [0.1, 0.15) is 78.2 Å². The number of aliphatic carboxylic acids is 1. The number of nitrogens with one attached hydrogen (secondary N) is 4. The van der Waals surface area contributed by atoms with E-state index in [9.17, 15) is 41.7 Å². The first-order valence-corrected chi connectivity index (χ1v) is 25.8. The standard InChI is InChI=1S/C41H45N5O11S.C9H8S.C3H8/c1-2-57-34-17-16-30-9-3-4-10-31(30)38(34)41(53)45-32(20-26-12-14-27(15-13-26)25-58(54,55)56)39(51)44-24-36(48)46-18-6-11-33(46)40(52)43-23-35(47)42-22-29-8-5-7-28(19-29)21-37(49)50;1-7-6-10-9-5-3-2-4-8(7)9;1-3-2/h3-5,7-10,12-17,19,32-33H,2,6,11,18,20-25H2,1H3,(H,42,47)(H,43,52)(H,44,51)(H,45,53)(H,49,50)(H,54,55,56);2-6H,1H3;3H2,1-2H3/t32?,33-;;/m0../s1. The molecule has 2 heterocycles. The van der Waals surface area contributed by atoms with Crippen LogP contribution in [-0.4, -0.2) is 96.8 Å². The van der Waals surface area contributed by atoms with E-state index in [0.29, 0.717) is 46.2 Å². The van der Waals surface area contributed by atoms with Gasteiger partial charge in [-0.3, -0.25) is 33.3 Å². The van der Waals surface area contributed by atoms with Crippen LogP contribution in [0.4, 0.5) is 0 Å². The molecule has 0 bridgehead atoms. The van der Waals surface area contributed by atoms with Crippen LogP contribution in [0.3, 0.4) is 0 Å². The third-order valence-corrected chi connectivity index (χ3v) is 12.9. The lowest BCUT2D eigenvalue weighted by Crippen LogP contribution is -2.53. The van der Waals surface area contributed by atoms with Crippen molar-refractivity contribution in [2.24, 2.45) is 0 Å². The van der Waals surface area contributed by atoms with E-state index in [1.54, 1.807) is 61.5 Å². The van der Waals surface area contributed by atoms with E-state index >= 15 is 0 Å². The number of carbonyl (C=O) groups is 6. The predicted molar refractivity (Wildman–Crippen MR) is 275 cm³/mol. The fourth-order valence-corrected chi connectivity index (χ4v) is 9.39. The third-order valence-electron chi connectivity index (χ3n) is 11.1. The Balaban J connectivity index is 0.000000622. The number of aryl methyl sites for hydroxylation is 1. The monoisotopic (exact) mass is 1010 g/mol. The van der Waals surface area contributed by atoms with Crippen LogP contribution in [0.2, 0.25) is 0 Å². The van der Waals surface area contributed by atoms with E-state index in [2.05, 4.69) is 71.7 Å². The Hall–Kier alpha value is -7.15. The average Bonchev–Trinajstić information content (AvgIpc) is 3.99. The van der Waals surface area contributed by atoms with Gasteiger partial charge in [0, 0.05) is 24.2 Å². The number of fused-ring (bicyclic) bond motifs is 2. The SMILES string of the molecule is CCC.CCOc1ccc2ccccc2c1C(=O)NC(Cc1ccc(CS(=O)(=O)O)cc1)C(=O)NCC(=O)N1CCC[C@H]1C(=O)NCC(=O)NCc1cccc(CC(=O)O)c1.Cc1csc2ccccc12. The number of carboxylic acid groups (broad SMARTS) is 1. The minimum atomic E-state index is -4.28. The summed E-state index contributed by atoms with van der Waals surface area (Å²) in [4.78, 5) is 79.2. The molecule has 7 rings (SSSR count). The van der Waals surface area contributed by atoms with Gasteiger partial charge in [0.2, 0.25) is 23.6 Å². The highest BCUT2D eigenvalue weighted by Crippen LogP contribution is 2.29. The van der Waals surface area contributed by atoms with Crippen molar-refractivity contribution in [1.82, 2.24) is 26.2 Å². The van der Waals surface area contributed by atoms with Gasteiger partial charge in [0.15, 0.2) is 0 Å². The van der Waals surface area contributed by atoms with Gasteiger partial charge in [-0.15, -0.1) is 11.3 Å². The maximum Gasteiger partial charge on any atom is 0.307 e. The number of nitrogens with zero attached hydrogens (tertiary/aromatic N) is 1. The molecule has 0 spiro atoms. The van der Waals surface area contributed by atoms with E-state index < -0.39 is 70.0 Å². The second-order valence-electron chi connectivity index (χ2n) is 16.8. The van der Waals surface area contributed by atoms with Crippen LogP contribution in [0.5, 0.6) is 5.75 Å². The number of thiophene rings is 1. The number of carbonyl (C=O) groups excluding carboxylic acids is 5. The minimum Gasteiger partial charge on any atom is -0.493 e. The van der Waals surface area contributed by atoms with Crippen LogP contribution in [0, 0.1) is 6.92 Å². The Labute approximate surface area is 417 Å². The van der Waals surface area contributed by atoms with Gasteiger partial charge in [-0.1, -0.05) is 117 Å². The maximum atomic E-state index is 14.0. The number of carboxylic acids is 1. The molecular weight excluding hydrogens is 947 g/mol. The van der Waals surface area contributed by atoms with Crippen LogP contribution >= 0.6 is 11.3 Å². The van der Waals surface area contributed by atoms with Gasteiger partial charge >= 0.3 is 5.97 Å². The third kappa shape index (κ3) is 16.8. The molecular formula is C53H61N5O11S2. The molecule has 6 N–H and O–H groups in total. The summed E-state index contributed by atoms with van der Waals surface area (Å²) in [5.41, 5.74) is 3.72. The Kier molecular flexibility index (Phi) is 20.6. The van der Waals surface area contributed by atoms with Crippen molar-refractivity contribution >= 4 is 77.8 Å². The highest BCUT2D eigenvalue weighted by Gasteiger charge is 2.35. The molecule has 6 aromatic rings. The fourth-order valence-electron chi connectivity index (χ4n) is 7.83. The zero-order chi connectivity index (χ0) is 51.5. The molecule has 5 amide bonds. The molecule has 1 aliphatic rings. The minimum absolute atomic E-state index is 0.0583. The molecule has 1 saturated heterocycles. The second-order valence-corrected chi connectivity index (χ2v) is 19.2. The van der Waals surface area contributed by atoms with E-state index in [1.807, 2.05) is 29.5 Å². The summed E-state index contributed by atoms with van der Waals surface area (Å²) < 4.78 is 39.2. The van der Waals surface area contributed by atoms with Crippen LogP contribution in [-0.2, 0) is 59.2 Å². The zero-order valence-corrected chi connectivity index (χ0v) is 41.9. The van der Waals surface area contributed by atoms with Gasteiger partial charge in [-0.2, -0.15) is 8.42 Å². The fraction of sp³-hybridized carbons (Fsp3) is 0.321. The van der Waals surface area contributed by atoms with E-state index in [4.69, 9.17) is 9.84 Å². The van der Waals surface area contributed by atoms with Crippen molar-refractivity contribution in [3.05, 3.63) is 148 Å². The van der Waals surface area contributed by atoms with Crippen LogP contribution in [0.15, 0.2) is 115 Å². The Bertz CT molecular complexity index is 2920. The van der Waals surface area contributed by atoms with Gasteiger partial charge in [0.25, 0.3) is 16.0 Å². The summed E-state index contributed by atoms with van der Waals surface area (Å²) >= 11 is 1.81. The molecule has 18 heteroatoms. The van der Waals surface area contributed by atoms with Crippen molar-refractivity contribution in [3.8, 4) is 5.75 Å². The summed E-state index contributed by atoms with van der Waals surface area (Å²) in [7, 11) is -4.28. The molecule has 1 aromatic heterocycles. The first-order valence-electron chi connectivity index (χ1n) is 23.3. The molecule has 16 nitrogen and oxygen atoms in total.